The molecule has 0 aliphatic heterocycles. The first-order valence-electron chi connectivity index (χ1n) is 3.12. The molecule has 66 valence electrons. The van der Waals surface area contributed by atoms with E-state index in [9.17, 15) is 8.78 Å². The van der Waals surface area contributed by atoms with Crippen molar-refractivity contribution < 1.29 is 8.78 Å². The molecule has 0 saturated carbocycles. The van der Waals surface area contributed by atoms with E-state index in [-0.39, 0.29) is 5.69 Å². The minimum absolute atomic E-state index is 0.176. The highest BCUT2D eigenvalue weighted by Crippen LogP contribution is 2.31. The fourth-order valence-electron chi connectivity index (χ4n) is 0.791. The number of hydrogen-bond donors (Lipinski definition) is 0. The Hall–Kier alpha value is -0.0300. The Kier molecular flexibility index (Phi) is 3.17. The topological polar surface area (TPSA) is 12.9 Å². The van der Waals surface area contributed by atoms with Gasteiger partial charge in [0.15, 0.2) is 0 Å². The van der Waals surface area contributed by atoms with Crippen molar-refractivity contribution in [1.82, 2.24) is 4.98 Å². The van der Waals surface area contributed by atoms with Gasteiger partial charge in [0, 0.05) is 10.7 Å². The standard InChI is InChI=1S/C7H5Br2F2N/c1-3-5(9)4(8)2-12-6(3)7(10)11/h2,7H,1H3. The normalized spacial score (nSPS) is 10.8. The average molecular weight is 301 g/mol. The van der Waals surface area contributed by atoms with Gasteiger partial charge >= 0.3 is 0 Å². The second kappa shape index (κ2) is 3.79. The molecule has 0 aromatic carbocycles. The van der Waals surface area contributed by atoms with Crippen LogP contribution in [0.4, 0.5) is 8.78 Å². The van der Waals surface area contributed by atoms with Crippen LogP contribution in [0.3, 0.4) is 0 Å². The van der Waals surface area contributed by atoms with E-state index in [1.807, 2.05) is 0 Å². The van der Waals surface area contributed by atoms with Crippen LogP contribution in [0.25, 0.3) is 0 Å². The van der Waals surface area contributed by atoms with Gasteiger partial charge in [0.2, 0.25) is 0 Å². The minimum atomic E-state index is -2.52. The van der Waals surface area contributed by atoms with E-state index >= 15 is 0 Å². The zero-order valence-electron chi connectivity index (χ0n) is 6.11. The molecule has 1 aromatic rings. The summed E-state index contributed by atoms with van der Waals surface area (Å²) >= 11 is 6.35. The Balaban J connectivity index is 3.27. The van der Waals surface area contributed by atoms with Gasteiger partial charge in [0.05, 0.1) is 4.47 Å². The predicted molar refractivity (Wildman–Crippen MR) is 49.3 cm³/mol. The summed E-state index contributed by atoms with van der Waals surface area (Å²) in [5.41, 5.74) is 0.296. The van der Waals surface area contributed by atoms with Gasteiger partial charge in [-0.25, -0.2) is 8.78 Å². The van der Waals surface area contributed by atoms with Crippen LogP contribution < -0.4 is 0 Å². The molecule has 0 fully saturated rings. The van der Waals surface area contributed by atoms with E-state index in [0.29, 0.717) is 14.5 Å². The van der Waals surface area contributed by atoms with Crippen LogP contribution in [0.5, 0.6) is 0 Å². The van der Waals surface area contributed by atoms with Gasteiger partial charge in [0.25, 0.3) is 6.43 Å². The van der Waals surface area contributed by atoms with Crippen molar-refractivity contribution in [3.05, 3.63) is 26.4 Å². The lowest BCUT2D eigenvalue weighted by Crippen LogP contribution is -1.95. The van der Waals surface area contributed by atoms with E-state index in [1.54, 1.807) is 6.92 Å². The molecule has 12 heavy (non-hydrogen) atoms. The minimum Gasteiger partial charge on any atom is -0.254 e. The van der Waals surface area contributed by atoms with Gasteiger partial charge in [-0.15, -0.1) is 0 Å². The van der Waals surface area contributed by atoms with Crippen molar-refractivity contribution in [2.75, 3.05) is 0 Å². The first-order chi connectivity index (χ1) is 5.54. The van der Waals surface area contributed by atoms with Gasteiger partial charge in [-0.05, 0) is 44.3 Å². The Morgan fingerprint density at radius 3 is 2.50 bits per heavy atom. The number of alkyl halides is 2. The zero-order chi connectivity index (χ0) is 9.30. The molecule has 0 saturated heterocycles. The van der Waals surface area contributed by atoms with Crippen LogP contribution >= 0.6 is 31.9 Å². The van der Waals surface area contributed by atoms with Crippen molar-refractivity contribution in [3.63, 3.8) is 0 Å². The fraction of sp³-hybridized carbons (Fsp3) is 0.286. The molecular formula is C7H5Br2F2N. The van der Waals surface area contributed by atoms with Crippen LogP contribution in [-0.4, -0.2) is 4.98 Å². The molecule has 0 aliphatic carbocycles. The third kappa shape index (κ3) is 1.82. The van der Waals surface area contributed by atoms with Crippen LogP contribution in [0.2, 0.25) is 0 Å². The number of halogens is 4. The number of rotatable bonds is 1. The van der Waals surface area contributed by atoms with Crippen molar-refractivity contribution in [3.8, 4) is 0 Å². The summed E-state index contributed by atoms with van der Waals surface area (Å²) in [7, 11) is 0. The summed E-state index contributed by atoms with van der Waals surface area (Å²) < 4.78 is 25.8. The maximum Gasteiger partial charge on any atom is 0.280 e. The summed E-state index contributed by atoms with van der Waals surface area (Å²) in [5.74, 6) is 0. The fourth-order valence-corrected chi connectivity index (χ4v) is 1.50. The number of pyridine rings is 1. The molecular weight excluding hydrogens is 296 g/mol. The molecule has 0 amide bonds. The van der Waals surface area contributed by atoms with E-state index in [1.165, 1.54) is 6.20 Å². The quantitative estimate of drug-likeness (QED) is 0.767. The number of aromatic nitrogens is 1. The van der Waals surface area contributed by atoms with E-state index in [2.05, 4.69) is 36.8 Å². The Bertz CT molecular complexity index is 302. The molecule has 1 nitrogen and oxygen atoms in total. The van der Waals surface area contributed by atoms with Gasteiger partial charge in [-0.3, -0.25) is 4.98 Å². The largest absolute Gasteiger partial charge is 0.280 e. The molecule has 0 N–H and O–H groups in total. The summed E-state index contributed by atoms with van der Waals surface area (Å²) in [6, 6.07) is 0. The average Bonchev–Trinajstić information content (AvgIpc) is 2.00. The van der Waals surface area contributed by atoms with Crippen molar-refractivity contribution in [2.24, 2.45) is 0 Å². The maximum absolute atomic E-state index is 12.2. The molecule has 1 aromatic heterocycles. The lowest BCUT2D eigenvalue weighted by molar-refractivity contribution is 0.145. The highest BCUT2D eigenvalue weighted by atomic mass is 79.9. The van der Waals surface area contributed by atoms with Crippen LogP contribution in [-0.2, 0) is 0 Å². The SMILES string of the molecule is Cc1c(C(F)F)ncc(Br)c1Br. The molecule has 0 atom stereocenters. The maximum atomic E-state index is 12.2. The predicted octanol–water partition coefficient (Wildman–Crippen LogP) is 3.85. The third-order valence-corrected chi connectivity index (χ3v) is 3.60. The van der Waals surface area contributed by atoms with Crippen molar-refractivity contribution in [1.29, 1.82) is 0 Å². The van der Waals surface area contributed by atoms with E-state index in [4.69, 9.17) is 0 Å². The van der Waals surface area contributed by atoms with Gasteiger partial charge in [-0.1, -0.05) is 0 Å². The smallest absolute Gasteiger partial charge is 0.254 e. The second-order valence-corrected chi connectivity index (χ2v) is 3.88. The Labute approximate surface area is 85.4 Å². The van der Waals surface area contributed by atoms with Crippen LogP contribution in [0.15, 0.2) is 15.1 Å². The van der Waals surface area contributed by atoms with Gasteiger partial charge in [-0.2, -0.15) is 0 Å². The molecule has 1 heterocycles. The van der Waals surface area contributed by atoms with E-state index in [0.717, 1.165) is 0 Å². The molecule has 0 aliphatic rings. The summed E-state index contributed by atoms with van der Waals surface area (Å²) in [4.78, 5) is 3.61. The highest BCUT2D eigenvalue weighted by Gasteiger charge is 2.15. The highest BCUT2D eigenvalue weighted by molar-refractivity contribution is 9.13. The van der Waals surface area contributed by atoms with Crippen molar-refractivity contribution >= 4 is 31.9 Å². The summed E-state index contributed by atoms with van der Waals surface area (Å²) in [5, 5.41) is 0. The van der Waals surface area contributed by atoms with Crippen molar-refractivity contribution in [2.45, 2.75) is 13.3 Å². The third-order valence-electron chi connectivity index (χ3n) is 1.45. The monoisotopic (exact) mass is 299 g/mol. The molecule has 0 bridgehead atoms. The molecule has 0 spiro atoms. The molecule has 0 unspecified atom stereocenters. The van der Waals surface area contributed by atoms with Crippen LogP contribution in [0.1, 0.15) is 17.7 Å². The van der Waals surface area contributed by atoms with Gasteiger partial charge < -0.3 is 0 Å². The molecule has 1 rings (SSSR count). The summed E-state index contributed by atoms with van der Waals surface area (Å²) in [6.45, 7) is 1.60. The number of hydrogen-bond acceptors (Lipinski definition) is 1. The molecule has 5 heteroatoms. The zero-order valence-corrected chi connectivity index (χ0v) is 9.29. The van der Waals surface area contributed by atoms with Gasteiger partial charge in [0.1, 0.15) is 5.69 Å². The Morgan fingerprint density at radius 2 is 2.00 bits per heavy atom. The first-order valence-corrected chi connectivity index (χ1v) is 4.71. The molecule has 0 radical (unpaired) electrons. The Morgan fingerprint density at radius 1 is 1.42 bits per heavy atom. The second-order valence-electron chi connectivity index (χ2n) is 2.23. The lowest BCUT2D eigenvalue weighted by Gasteiger charge is -2.06. The number of nitrogens with zero attached hydrogens (tertiary/aromatic N) is 1. The first kappa shape index (κ1) is 10.1. The lowest BCUT2D eigenvalue weighted by atomic mass is 10.2. The van der Waals surface area contributed by atoms with Crippen LogP contribution in [0, 0.1) is 6.92 Å². The van der Waals surface area contributed by atoms with E-state index < -0.39 is 6.43 Å². The summed E-state index contributed by atoms with van der Waals surface area (Å²) in [6.07, 6.45) is -1.16.